The van der Waals surface area contributed by atoms with Crippen LogP contribution in [-0.2, 0) is 16.1 Å². The molecule has 0 unspecified atom stereocenters. The van der Waals surface area contributed by atoms with E-state index in [1.165, 1.54) is 0 Å². The molecular formula is C28H33BrN2O4. The van der Waals surface area contributed by atoms with Crippen molar-refractivity contribution >= 4 is 38.5 Å². The lowest BCUT2D eigenvalue weighted by molar-refractivity contribution is -0.143. The van der Waals surface area contributed by atoms with Crippen molar-refractivity contribution in [1.29, 1.82) is 0 Å². The van der Waals surface area contributed by atoms with Crippen LogP contribution in [0.25, 0.3) is 10.8 Å². The van der Waals surface area contributed by atoms with Crippen LogP contribution >= 0.6 is 15.9 Å². The van der Waals surface area contributed by atoms with Crippen molar-refractivity contribution in [3.8, 4) is 11.5 Å². The molecule has 3 aromatic carbocycles. The molecule has 0 fully saturated rings. The van der Waals surface area contributed by atoms with Crippen molar-refractivity contribution in [2.75, 3.05) is 20.3 Å². The lowest BCUT2D eigenvalue weighted by Crippen LogP contribution is -2.50. The summed E-state index contributed by atoms with van der Waals surface area (Å²) in [6.07, 6.45) is 0.485. The third kappa shape index (κ3) is 6.98. The van der Waals surface area contributed by atoms with Crippen molar-refractivity contribution in [3.05, 3.63) is 70.7 Å². The maximum absolute atomic E-state index is 13.5. The van der Waals surface area contributed by atoms with E-state index in [0.29, 0.717) is 30.4 Å². The van der Waals surface area contributed by atoms with Gasteiger partial charge in [0, 0.05) is 13.1 Å². The second kappa shape index (κ2) is 12.6. The quantitative estimate of drug-likeness (QED) is 0.345. The zero-order valence-corrected chi connectivity index (χ0v) is 22.3. The third-order valence-electron chi connectivity index (χ3n) is 5.74. The van der Waals surface area contributed by atoms with E-state index in [1.807, 2.05) is 81.4 Å². The molecule has 7 heteroatoms. The minimum Gasteiger partial charge on any atom is -0.497 e. The van der Waals surface area contributed by atoms with Gasteiger partial charge in [0.15, 0.2) is 6.61 Å². The summed E-state index contributed by atoms with van der Waals surface area (Å²) in [7, 11) is 1.60. The molecule has 0 spiro atoms. The Morgan fingerprint density at radius 1 is 1.06 bits per heavy atom. The molecule has 2 amide bonds. The summed E-state index contributed by atoms with van der Waals surface area (Å²) in [5.74, 6) is 1.16. The first-order valence-electron chi connectivity index (χ1n) is 11.8. The number of carbonyl (C=O) groups excluding carboxylic acids is 2. The Morgan fingerprint density at radius 3 is 2.54 bits per heavy atom. The van der Waals surface area contributed by atoms with Gasteiger partial charge < -0.3 is 19.7 Å². The third-order valence-corrected chi connectivity index (χ3v) is 6.55. The van der Waals surface area contributed by atoms with Gasteiger partial charge in [0.1, 0.15) is 17.5 Å². The summed E-state index contributed by atoms with van der Waals surface area (Å²) < 4.78 is 12.1. The van der Waals surface area contributed by atoms with Gasteiger partial charge in [-0.05, 0) is 62.8 Å². The van der Waals surface area contributed by atoms with Gasteiger partial charge in [-0.25, -0.2) is 0 Å². The number of fused-ring (bicyclic) bond motifs is 1. The summed E-state index contributed by atoms with van der Waals surface area (Å²) in [5.41, 5.74) is 0.875. The number of hydrogen-bond acceptors (Lipinski definition) is 4. The molecule has 3 rings (SSSR count). The number of amides is 2. The number of halogens is 1. The van der Waals surface area contributed by atoms with Crippen molar-refractivity contribution in [2.24, 2.45) is 5.92 Å². The van der Waals surface area contributed by atoms with E-state index in [1.54, 1.807) is 12.0 Å². The lowest BCUT2D eigenvalue weighted by Gasteiger charge is -2.31. The van der Waals surface area contributed by atoms with E-state index in [9.17, 15) is 9.59 Å². The highest BCUT2D eigenvalue weighted by Gasteiger charge is 2.29. The molecule has 1 N–H and O–H groups in total. The van der Waals surface area contributed by atoms with Crippen molar-refractivity contribution < 1.29 is 19.1 Å². The van der Waals surface area contributed by atoms with Crippen molar-refractivity contribution in [2.45, 2.75) is 39.8 Å². The van der Waals surface area contributed by atoms with E-state index in [0.717, 1.165) is 20.8 Å². The Hall–Kier alpha value is -3.06. The van der Waals surface area contributed by atoms with Gasteiger partial charge in [-0.3, -0.25) is 9.59 Å². The highest BCUT2D eigenvalue weighted by Crippen LogP contribution is 2.33. The molecule has 0 saturated carbocycles. The topological polar surface area (TPSA) is 67.9 Å². The van der Waals surface area contributed by atoms with E-state index < -0.39 is 6.04 Å². The lowest BCUT2D eigenvalue weighted by atomic mass is 10.1. The monoisotopic (exact) mass is 540 g/mol. The molecule has 0 aliphatic carbocycles. The van der Waals surface area contributed by atoms with Gasteiger partial charge in [0.2, 0.25) is 5.91 Å². The van der Waals surface area contributed by atoms with E-state index in [2.05, 4.69) is 21.2 Å². The number of hydrogen-bond donors (Lipinski definition) is 1. The normalized spacial score (nSPS) is 11.8. The highest BCUT2D eigenvalue weighted by atomic mass is 79.9. The number of methoxy groups -OCH3 is 1. The molecule has 0 aliphatic rings. The molecule has 3 aromatic rings. The number of benzene rings is 3. The molecule has 0 radical (unpaired) electrons. The first-order chi connectivity index (χ1) is 16.8. The second-order valence-electron chi connectivity index (χ2n) is 8.82. The van der Waals surface area contributed by atoms with Gasteiger partial charge in [0.05, 0.1) is 11.6 Å². The fourth-order valence-corrected chi connectivity index (χ4v) is 4.46. The number of carbonyl (C=O) groups is 2. The van der Waals surface area contributed by atoms with Crippen LogP contribution in [-0.4, -0.2) is 43.0 Å². The summed E-state index contributed by atoms with van der Waals surface area (Å²) in [5, 5.41) is 5.05. The molecule has 0 aromatic heterocycles. The predicted octanol–water partition coefficient (Wildman–Crippen LogP) is 5.57. The molecule has 186 valence electrons. The van der Waals surface area contributed by atoms with Crippen LogP contribution in [0.5, 0.6) is 11.5 Å². The highest BCUT2D eigenvalue weighted by molar-refractivity contribution is 9.10. The van der Waals surface area contributed by atoms with Crippen LogP contribution < -0.4 is 14.8 Å². The van der Waals surface area contributed by atoms with Gasteiger partial charge >= 0.3 is 0 Å². The van der Waals surface area contributed by atoms with Crippen molar-refractivity contribution in [3.63, 3.8) is 0 Å². The minimum atomic E-state index is -0.615. The van der Waals surface area contributed by atoms with Crippen LogP contribution in [0.15, 0.2) is 65.1 Å². The van der Waals surface area contributed by atoms with E-state index in [4.69, 9.17) is 9.47 Å². The molecular weight excluding hydrogens is 508 g/mol. The molecule has 35 heavy (non-hydrogen) atoms. The minimum absolute atomic E-state index is 0.163. The molecule has 6 nitrogen and oxygen atoms in total. The average molecular weight is 541 g/mol. The standard InChI is InChI=1S/C28H33BrN2O4/c1-5-24(28(33)30-16-19(2)3)31(17-20-9-8-11-22(15-20)34-4)26(32)18-35-25-14-13-21-10-6-7-12-23(21)27(25)29/h6-15,19,24H,5,16-18H2,1-4H3,(H,30,33)/t24-/m0/s1. The molecule has 0 heterocycles. The number of rotatable bonds is 11. The largest absolute Gasteiger partial charge is 0.497 e. The Labute approximate surface area is 215 Å². The smallest absolute Gasteiger partial charge is 0.261 e. The summed E-state index contributed by atoms with van der Waals surface area (Å²) >= 11 is 3.61. The average Bonchev–Trinajstić information content (AvgIpc) is 2.87. The number of nitrogens with zero attached hydrogens (tertiary/aromatic N) is 1. The molecule has 0 aliphatic heterocycles. The second-order valence-corrected chi connectivity index (χ2v) is 9.62. The maximum Gasteiger partial charge on any atom is 0.261 e. The SMILES string of the molecule is CC[C@@H](C(=O)NCC(C)C)N(Cc1cccc(OC)c1)C(=O)COc1ccc2ccccc2c1Br. The van der Waals surface area contributed by atoms with E-state index >= 15 is 0 Å². The molecule has 0 saturated heterocycles. The van der Waals surface area contributed by atoms with E-state index in [-0.39, 0.29) is 25.0 Å². The first kappa shape index (κ1) is 26.5. The van der Waals surface area contributed by atoms with Gasteiger partial charge in [-0.15, -0.1) is 0 Å². The maximum atomic E-state index is 13.5. The van der Waals surface area contributed by atoms with Gasteiger partial charge in [0.25, 0.3) is 5.91 Å². The Morgan fingerprint density at radius 2 is 1.83 bits per heavy atom. The van der Waals surface area contributed by atoms with Crippen LogP contribution in [0.1, 0.15) is 32.8 Å². The summed E-state index contributed by atoms with van der Waals surface area (Å²) in [4.78, 5) is 28.1. The summed E-state index contributed by atoms with van der Waals surface area (Å²) in [6, 6.07) is 18.7. The fraction of sp³-hybridized carbons (Fsp3) is 0.357. The number of ether oxygens (including phenoxy) is 2. The van der Waals surface area contributed by atoms with Crippen LogP contribution in [0.3, 0.4) is 0 Å². The predicted molar refractivity (Wildman–Crippen MR) is 143 cm³/mol. The van der Waals surface area contributed by atoms with Crippen LogP contribution in [0.4, 0.5) is 0 Å². The zero-order chi connectivity index (χ0) is 25.4. The number of nitrogens with one attached hydrogen (secondary N) is 1. The summed E-state index contributed by atoms with van der Waals surface area (Å²) in [6.45, 7) is 6.62. The van der Waals surface area contributed by atoms with Gasteiger partial charge in [-0.1, -0.05) is 63.2 Å². The molecule has 1 atom stereocenters. The van der Waals surface area contributed by atoms with Crippen LogP contribution in [0, 0.1) is 5.92 Å². The van der Waals surface area contributed by atoms with Crippen molar-refractivity contribution in [1.82, 2.24) is 10.2 Å². The Balaban J connectivity index is 1.83. The Kier molecular flexibility index (Phi) is 9.55. The van der Waals surface area contributed by atoms with Crippen LogP contribution in [0.2, 0.25) is 0 Å². The first-order valence-corrected chi connectivity index (χ1v) is 12.6. The zero-order valence-electron chi connectivity index (χ0n) is 20.7. The van der Waals surface area contributed by atoms with Gasteiger partial charge in [-0.2, -0.15) is 0 Å². The fourth-order valence-electron chi connectivity index (χ4n) is 3.86. The molecule has 0 bridgehead atoms. The Bertz CT molecular complexity index is 1160.